The van der Waals surface area contributed by atoms with E-state index in [1.54, 1.807) is 0 Å². The average Bonchev–Trinajstić information content (AvgIpc) is 1.41. The average molecular weight is 481 g/mol. The molecule has 18 heavy (non-hydrogen) atoms. The van der Waals surface area contributed by atoms with E-state index in [1.807, 2.05) is 0 Å². The van der Waals surface area contributed by atoms with Gasteiger partial charge in [-0.05, 0) is 0 Å². The van der Waals surface area contributed by atoms with Crippen LogP contribution in [0.15, 0.2) is 0 Å². The fourth-order valence-electron chi connectivity index (χ4n) is 0. The van der Waals surface area contributed by atoms with Gasteiger partial charge in [0, 0.05) is 31.2 Å². The van der Waals surface area contributed by atoms with Crippen LogP contribution in [0.2, 0.25) is 0 Å². The molecule has 0 aliphatic carbocycles. The molecule has 0 saturated carbocycles. The molecule has 0 bridgehead atoms. The maximum Gasteiger partial charge on any atom is 2.00 e. The van der Waals surface area contributed by atoms with Crippen LogP contribution in [0.1, 0.15) is 0 Å². The van der Waals surface area contributed by atoms with Gasteiger partial charge in [-0.2, -0.15) is 0 Å². The molecule has 0 aromatic carbocycles. The summed E-state index contributed by atoms with van der Waals surface area (Å²) in [6, 6.07) is 0. The molecule has 12 nitrogen and oxygen atoms in total. The molecule has 0 N–H and O–H groups in total. The van der Waals surface area contributed by atoms with E-state index in [2.05, 4.69) is 0 Å². The summed E-state index contributed by atoms with van der Waals surface area (Å²) in [6.45, 7) is 0. The second-order valence-corrected chi connectivity index (χ2v) is 3.67. The molecule has 0 unspecified atom stereocenters. The predicted octanol–water partition coefficient (Wildman–Crippen LogP) is -4.02. The van der Waals surface area contributed by atoms with Crippen molar-refractivity contribution < 1.29 is 106 Å². The van der Waals surface area contributed by atoms with Crippen molar-refractivity contribution in [3.63, 3.8) is 0 Å². The Morgan fingerprint density at radius 2 is 0.444 bits per heavy atom. The van der Waals surface area contributed by atoms with E-state index >= 15 is 0 Å². The van der Waals surface area contributed by atoms with Gasteiger partial charge in [-0.1, -0.05) is 0 Å². The second kappa shape index (κ2) is 14.7. The molecule has 0 amide bonds. The summed E-state index contributed by atoms with van der Waals surface area (Å²) in [5, 5.41) is 0. The Labute approximate surface area is 136 Å². The maximum absolute atomic E-state index is 8.52. The Hall–Kier alpha value is 1.27. The molecule has 0 rings (SSSR count). The summed E-state index contributed by atoms with van der Waals surface area (Å²) in [6.07, 6.45) is 0. The molecule has 0 spiro atoms. The van der Waals surface area contributed by atoms with Crippen molar-refractivity contribution in [2.45, 2.75) is 0 Å². The zero-order chi connectivity index (χ0) is 13.5. The SMILES string of the molecule is O=S(=O)([O-])[O-].O=S(=O)([O-])[O-].O=S(=O)([O-])[O-].[Cu+2].[Cu+2].[Zn+2]. The number of hydrogen-bond donors (Lipinski definition) is 0. The van der Waals surface area contributed by atoms with Gasteiger partial charge in [0.25, 0.3) is 0 Å². The zero-order valence-electron chi connectivity index (χ0n) is 7.43. The van der Waals surface area contributed by atoms with Gasteiger partial charge in [0.05, 0.1) is 0 Å². The first kappa shape index (κ1) is 36.5. The summed E-state index contributed by atoms with van der Waals surface area (Å²) < 4.78 is 102. The molecule has 0 aromatic heterocycles. The minimum Gasteiger partial charge on any atom is -0.759 e. The number of rotatable bonds is 0. The molecule has 114 valence electrons. The second-order valence-electron chi connectivity index (χ2n) is 1.22. The van der Waals surface area contributed by atoms with Crippen molar-refractivity contribution in [2.24, 2.45) is 0 Å². The molecule has 0 aliphatic heterocycles. The van der Waals surface area contributed by atoms with Gasteiger partial charge in [-0.3, -0.25) is 25.3 Å². The standard InChI is InChI=1S/2Cu.3H2O4S.Zn/c;;3*1-5(2,3)4;/h;;3*(H2,1,2,3,4);/q2*+2;;;;+2/p-6. The fraction of sp³-hybridized carbons (Fsp3) is 0. The summed E-state index contributed by atoms with van der Waals surface area (Å²) in [5.41, 5.74) is 0. The van der Waals surface area contributed by atoms with Crippen molar-refractivity contribution in [3.8, 4) is 0 Å². The minimum atomic E-state index is -5.17. The van der Waals surface area contributed by atoms with Gasteiger partial charge in [0.1, 0.15) is 0 Å². The van der Waals surface area contributed by atoms with Crippen LogP contribution in [0.5, 0.6) is 0 Å². The molecule has 0 aliphatic rings. The van der Waals surface area contributed by atoms with E-state index < -0.39 is 31.2 Å². The van der Waals surface area contributed by atoms with E-state index in [9.17, 15) is 0 Å². The van der Waals surface area contributed by atoms with Crippen LogP contribution >= 0.6 is 0 Å². The van der Waals surface area contributed by atoms with Gasteiger partial charge in [0.2, 0.25) is 0 Å². The number of hydrogen-bond acceptors (Lipinski definition) is 12. The third-order valence-electron chi connectivity index (χ3n) is 0. The van der Waals surface area contributed by atoms with E-state index in [0.717, 1.165) is 0 Å². The largest absolute Gasteiger partial charge is 2.00 e. The summed E-state index contributed by atoms with van der Waals surface area (Å²) in [4.78, 5) is 0. The van der Waals surface area contributed by atoms with Gasteiger partial charge >= 0.3 is 53.6 Å². The molecule has 0 saturated heterocycles. The summed E-state index contributed by atoms with van der Waals surface area (Å²) >= 11 is 0. The topological polar surface area (TPSA) is 241 Å². The maximum atomic E-state index is 8.52. The molecule has 18 heteroatoms. The van der Waals surface area contributed by atoms with Crippen molar-refractivity contribution in [2.75, 3.05) is 0 Å². The molecule has 2 radical (unpaired) electrons. The zero-order valence-corrected chi connectivity index (χ0v) is 14.7. The van der Waals surface area contributed by atoms with Gasteiger partial charge in [-0.15, -0.1) is 0 Å². The molecular formula is Cu2O12S3Zn. The smallest absolute Gasteiger partial charge is 0.759 e. The van der Waals surface area contributed by atoms with Crippen molar-refractivity contribution in [1.29, 1.82) is 0 Å². The van der Waals surface area contributed by atoms with Crippen LogP contribution in [0.3, 0.4) is 0 Å². The van der Waals surface area contributed by atoms with Crippen LogP contribution in [0.25, 0.3) is 0 Å². The van der Waals surface area contributed by atoms with Crippen LogP contribution in [0, 0.1) is 0 Å². The van der Waals surface area contributed by atoms with E-state index in [-0.39, 0.29) is 53.6 Å². The van der Waals surface area contributed by atoms with Crippen molar-refractivity contribution in [3.05, 3.63) is 0 Å². The molecule has 0 heterocycles. The van der Waals surface area contributed by atoms with Crippen molar-refractivity contribution >= 4 is 31.2 Å². The summed E-state index contributed by atoms with van der Waals surface area (Å²) in [5.74, 6) is 0. The van der Waals surface area contributed by atoms with E-state index in [1.165, 1.54) is 0 Å². The van der Waals surface area contributed by atoms with Crippen molar-refractivity contribution in [1.82, 2.24) is 0 Å². The molecule has 0 aromatic rings. The van der Waals surface area contributed by atoms with Gasteiger partial charge in [0.15, 0.2) is 0 Å². The first-order valence-electron chi connectivity index (χ1n) is 2.00. The minimum absolute atomic E-state index is 0. The molecule has 0 atom stereocenters. The van der Waals surface area contributed by atoms with Crippen LogP contribution in [0.4, 0.5) is 0 Å². The fourth-order valence-corrected chi connectivity index (χ4v) is 0. The van der Waals surface area contributed by atoms with Gasteiger partial charge in [-0.25, -0.2) is 0 Å². The van der Waals surface area contributed by atoms with E-state index in [4.69, 9.17) is 52.6 Å². The first-order chi connectivity index (χ1) is 6.00. The Morgan fingerprint density at radius 3 is 0.444 bits per heavy atom. The third kappa shape index (κ3) is 2830. The molecule has 0 fully saturated rings. The monoisotopic (exact) mass is 478 g/mol. The Morgan fingerprint density at radius 1 is 0.444 bits per heavy atom. The van der Waals surface area contributed by atoms with Crippen LogP contribution in [-0.4, -0.2) is 52.6 Å². The molecular weight excluding hydrogens is 481 g/mol. The Bertz CT molecular complexity index is 346. The quantitative estimate of drug-likeness (QED) is 0.183. The van der Waals surface area contributed by atoms with Crippen LogP contribution in [-0.2, 0) is 84.8 Å². The Balaban J connectivity index is -0.0000000277. The predicted molar refractivity (Wildman–Crippen MR) is 31.4 cm³/mol. The normalized spacial score (nSPS) is 9.67. The third-order valence-corrected chi connectivity index (χ3v) is 0. The summed E-state index contributed by atoms with van der Waals surface area (Å²) in [7, 11) is -15.5. The van der Waals surface area contributed by atoms with E-state index in [0.29, 0.717) is 0 Å². The van der Waals surface area contributed by atoms with Gasteiger partial charge < -0.3 is 27.3 Å². The Kier molecular flexibility index (Phi) is 29.8. The first-order valence-corrected chi connectivity index (χ1v) is 6.00. The van der Waals surface area contributed by atoms with Crippen LogP contribution < -0.4 is 0 Å².